The highest BCUT2D eigenvalue weighted by Crippen LogP contribution is 2.20. The summed E-state index contributed by atoms with van der Waals surface area (Å²) in [7, 11) is -3.89. The summed E-state index contributed by atoms with van der Waals surface area (Å²) in [6.45, 7) is 0.363. The van der Waals surface area contributed by atoms with Crippen LogP contribution in [0.25, 0.3) is 0 Å². The first kappa shape index (κ1) is 19.5. The number of hydrogen-bond acceptors (Lipinski definition) is 4. The number of benzene rings is 1. The molecule has 0 saturated carbocycles. The standard InChI is InChI=1S/C17H17ClFN3O4S/c18-13-10-12(5-6-14(13)19)20-16(23)11-21-7-3-4-15(17(21)24)27(25,26)22-8-1-2-9-22/h3-7,10H,1-2,8-9,11H2,(H,20,23). The van der Waals surface area contributed by atoms with Gasteiger partial charge in [0.2, 0.25) is 15.9 Å². The van der Waals surface area contributed by atoms with Crippen molar-refractivity contribution >= 4 is 33.2 Å². The molecule has 0 radical (unpaired) electrons. The minimum Gasteiger partial charge on any atom is -0.324 e. The smallest absolute Gasteiger partial charge is 0.271 e. The number of hydrogen-bond donors (Lipinski definition) is 1. The zero-order chi connectivity index (χ0) is 19.6. The molecule has 1 aliphatic heterocycles. The fraction of sp³-hybridized carbons (Fsp3) is 0.294. The van der Waals surface area contributed by atoms with Gasteiger partial charge in [-0.2, -0.15) is 4.31 Å². The summed E-state index contributed by atoms with van der Waals surface area (Å²) >= 11 is 5.66. The second-order valence-corrected chi connectivity index (χ2v) is 8.41. The SMILES string of the molecule is O=C(Cn1cccc(S(=O)(=O)N2CCCC2)c1=O)Nc1ccc(F)c(Cl)c1. The highest BCUT2D eigenvalue weighted by atomic mass is 35.5. The molecule has 0 aliphatic carbocycles. The molecule has 1 saturated heterocycles. The van der Waals surface area contributed by atoms with Gasteiger partial charge in [0.25, 0.3) is 5.56 Å². The normalized spacial score (nSPS) is 15.0. The molecule has 0 bridgehead atoms. The Morgan fingerprint density at radius 1 is 1.22 bits per heavy atom. The Kier molecular flexibility index (Phi) is 5.64. The van der Waals surface area contributed by atoms with Crippen molar-refractivity contribution in [2.45, 2.75) is 24.3 Å². The second kappa shape index (κ2) is 7.79. The molecule has 0 unspecified atom stereocenters. The average Bonchev–Trinajstić information content (AvgIpc) is 3.15. The molecule has 1 aromatic carbocycles. The summed E-state index contributed by atoms with van der Waals surface area (Å²) in [4.78, 5) is 24.4. The van der Waals surface area contributed by atoms with E-state index in [4.69, 9.17) is 11.6 Å². The Bertz CT molecular complexity index is 1030. The van der Waals surface area contributed by atoms with E-state index < -0.39 is 33.9 Å². The predicted octanol–water partition coefficient (Wildman–Crippen LogP) is 2.06. The van der Waals surface area contributed by atoms with E-state index in [1.54, 1.807) is 0 Å². The molecule has 1 fully saturated rings. The molecule has 1 amide bonds. The van der Waals surface area contributed by atoms with E-state index in [-0.39, 0.29) is 15.6 Å². The molecule has 1 aromatic heterocycles. The van der Waals surface area contributed by atoms with Crippen molar-refractivity contribution in [3.63, 3.8) is 0 Å². The number of amides is 1. The Morgan fingerprint density at radius 3 is 2.59 bits per heavy atom. The van der Waals surface area contributed by atoms with Gasteiger partial charge in [0, 0.05) is 25.0 Å². The van der Waals surface area contributed by atoms with Crippen LogP contribution in [0.15, 0.2) is 46.2 Å². The van der Waals surface area contributed by atoms with E-state index in [0.717, 1.165) is 23.5 Å². The summed E-state index contributed by atoms with van der Waals surface area (Å²) < 4.78 is 40.7. The highest BCUT2D eigenvalue weighted by Gasteiger charge is 2.30. The fourth-order valence-electron chi connectivity index (χ4n) is 2.83. The van der Waals surface area contributed by atoms with Crippen LogP contribution in [-0.4, -0.2) is 36.3 Å². The number of nitrogens with zero attached hydrogens (tertiary/aromatic N) is 2. The van der Waals surface area contributed by atoms with Crippen LogP contribution in [-0.2, 0) is 21.4 Å². The van der Waals surface area contributed by atoms with Crippen LogP contribution in [0.5, 0.6) is 0 Å². The number of sulfonamides is 1. The maximum absolute atomic E-state index is 13.2. The van der Waals surface area contributed by atoms with Gasteiger partial charge >= 0.3 is 0 Å². The summed E-state index contributed by atoms with van der Waals surface area (Å²) in [6, 6.07) is 6.33. The number of anilines is 1. The quantitative estimate of drug-likeness (QED) is 0.812. The lowest BCUT2D eigenvalue weighted by Gasteiger charge is -2.16. The van der Waals surface area contributed by atoms with Gasteiger partial charge in [0.15, 0.2) is 0 Å². The van der Waals surface area contributed by atoms with Crippen molar-refractivity contribution in [2.24, 2.45) is 0 Å². The molecular formula is C17H17ClFN3O4S. The summed E-state index contributed by atoms with van der Waals surface area (Å²) in [5, 5.41) is 2.34. The van der Waals surface area contributed by atoms with Crippen LogP contribution >= 0.6 is 11.6 Å². The molecule has 3 rings (SSSR count). The first-order chi connectivity index (χ1) is 12.8. The summed E-state index contributed by atoms with van der Waals surface area (Å²) in [6.07, 6.45) is 2.84. The molecule has 2 heterocycles. The van der Waals surface area contributed by atoms with Crippen molar-refractivity contribution in [1.82, 2.24) is 8.87 Å². The third-order valence-electron chi connectivity index (χ3n) is 4.19. The predicted molar refractivity (Wildman–Crippen MR) is 98.7 cm³/mol. The van der Waals surface area contributed by atoms with Gasteiger partial charge < -0.3 is 9.88 Å². The van der Waals surface area contributed by atoms with Crippen molar-refractivity contribution in [3.05, 3.63) is 57.7 Å². The molecule has 0 atom stereocenters. The molecular weight excluding hydrogens is 397 g/mol. The number of carbonyl (C=O) groups is 1. The van der Waals surface area contributed by atoms with Gasteiger partial charge in [-0.1, -0.05) is 11.6 Å². The average molecular weight is 414 g/mol. The number of carbonyl (C=O) groups excluding carboxylic acids is 1. The zero-order valence-electron chi connectivity index (χ0n) is 14.2. The Hall–Kier alpha value is -2.23. The van der Waals surface area contributed by atoms with Gasteiger partial charge in [0.05, 0.1) is 5.02 Å². The topological polar surface area (TPSA) is 88.5 Å². The minimum absolute atomic E-state index is 0.149. The maximum Gasteiger partial charge on any atom is 0.271 e. The first-order valence-corrected chi connectivity index (χ1v) is 10.1. The van der Waals surface area contributed by atoms with Crippen LogP contribution < -0.4 is 10.9 Å². The largest absolute Gasteiger partial charge is 0.324 e. The molecule has 1 aliphatic rings. The van der Waals surface area contributed by atoms with E-state index >= 15 is 0 Å². The van der Waals surface area contributed by atoms with Crippen LogP contribution in [0, 0.1) is 5.82 Å². The molecule has 7 nitrogen and oxygen atoms in total. The Labute approximate surface area is 160 Å². The van der Waals surface area contributed by atoms with Gasteiger partial charge in [-0.3, -0.25) is 9.59 Å². The first-order valence-electron chi connectivity index (χ1n) is 8.23. The fourth-order valence-corrected chi connectivity index (χ4v) is 4.62. The van der Waals surface area contributed by atoms with Gasteiger partial charge in [-0.15, -0.1) is 0 Å². The number of rotatable bonds is 5. The lowest BCUT2D eigenvalue weighted by Crippen LogP contribution is -2.36. The monoisotopic (exact) mass is 413 g/mol. The number of pyridine rings is 1. The third kappa shape index (κ3) is 4.20. The van der Waals surface area contributed by atoms with E-state index in [2.05, 4.69) is 5.32 Å². The highest BCUT2D eigenvalue weighted by molar-refractivity contribution is 7.89. The third-order valence-corrected chi connectivity index (χ3v) is 6.39. The summed E-state index contributed by atoms with van der Waals surface area (Å²) in [5.74, 6) is -1.19. The van der Waals surface area contributed by atoms with Gasteiger partial charge in [-0.05, 0) is 43.2 Å². The van der Waals surface area contributed by atoms with Crippen LogP contribution in [0.3, 0.4) is 0 Å². The number of halogens is 2. The van der Waals surface area contributed by atoms with E-state index in [1.807, 2.05) is 0 Å². The second-order valence-electron chi connectivity index (χ2n) is 6.09. The van der Waals surface area contributed by atoms with E-state index in [0.29, 0.717) is 13.1 Å². The zero-order valence-corrected chi connectivity index (χ0v) is 15.8. The van der Waals surface area contributed by atoms with Gasteiger partial charge in [-0.25, -0.2) is 12.8 Å². The van der Waals surface area contributed by atoms with Crippen LogP contribution in [0.4, 0.5) is 10.1 Å². The van der Waals surface area contributed by atoms with Crippen molar-refractivity contribution < 1.29 is 17.6 Å². The maximum atomic E-state index is 13.2. The molecule has 2 aromatic rings. The van der Waals surface area contributed by atoms with Crippen LogP contribution in [0.2, 0.25) is 5.02 Å². The molecule has 144 valence electrons. The van der Waals surface area contributed by atoms with Crippen molar-refractivity contribution in [3.8, 4) is 0 Å². The number of nitrogens with one attached hydrogen (secondary N) is 1. The molecule has 0 spiro atoms. The van der Waals surface area contributed by atoms with Gasteiger partial charge in [0.1, 0.15) is 17.3 Å². The summed E-state index contributed by atoms with van der Waals surface area (Å²) in [5.41, 5.74) is -0.503. The lowest BCUT2D eigenvalue weighted by molar-refractivity contribution is -0.116. The molecule has 10 heteroatoms. The van der Waals surface area contributed by atoms with Crippen molar-refractivity contribution in [2.75, 3.05) is 18.4 Å². The van der Waals surface area contributed by atoms with E-state index in [1.165, 1.54) is 34.8 Å². The molecule has 1 N–H and O–H groups in total. The Morgan fingerprint density at radius 2 is 1.93 bits per heavy atom. The van der Waals surface area contributed by atoms with Crippen molar-refractivity contribution in [1.29, 1.82) is 0 Å². The minimum atomic E-state index is -3.89. The number of aromatic nitrogens is 1. The Balaban J connectivity index is 1.80. The van der Waals surface area contributed by atoms with E-state index in [9.17, 15) is 22.4 Å². The molecule has 27 heavy (non-hydrogen) atoms. The lowest BCUT2D eigenvalue weighted by atomic mass is 10.3. The van der Waals surface area contributed by atoms with Crippen LogP contribution in [0.1, 0.15) is 12.8 Å².